The maximum atomic E-state index is 12.3. The number of fused-ring (bicyclic) bond motifs is 1. The number of ether oxygens (including phenoxy) is 2. The molecule has 0 atom stereocenters. The molecule has 0 fully saturated rings. The monoisotopic (exact) mass is 464 g/mol. The van der Waals surface area contributed by atoms with Crippen LogP contribution >= 0.6 is 35.0 Å². The Morgan fingerprint density at radius 3 is 2.73 bits per heavy atom. The van der Waals surface area contributed by atoms with Crippen molar-refractivity contribution in [3.63, 3.8) is 0 Å². The van der Waals surface area contributed by atoms with Crippen LogP contribution in [0, 0.1) is 0 Å². The van der Waals surface area contributed by atoms with E-state index >= 15 is 0 Å². The lowest BCUT2D eigenvalue weighted by Gasteiger charge is -2.19. The van der Waals surface area contributed by atoms with Gasteiger partial charge in [-0.25, -0.2) is 9.97 Å². The molecule has 30 heavy (non-hydrogen) atoms. The Labute approximate surface area is 187 Å². The van der Waals surface area contributed by atoms with E-state index in [0.29, 0.717) is 24.8 Å². The van der Waals surface area contributed by atoms with Crippen molar-refractivity contribution in [2.75, 3.05) is 24.3 Å². The van der Waals surface area contributed by atoms with Crippen LogP contribution in [0.15, 0.2) is 41.8 Å². The normalized spacial score (nSPS) is 12.6. The summed E-state index contributed by atoms with van der Waals surface area (Å²) >= 11 is 13.2. The van der Waals surface area contributed by atoms with E-state index in [0.717, 1.165) is 27.9 Å². The van der Waals surface area contributed by atoms with E-state index in [-0.39, 0.29) is 22.5 Å². The lowest BCUT2D eigenvalue weighted by atomic mass is 10.1. The number of thioether (sulfide) groups is 1. The summed E-state index contributed by atoms with van der Waals surface area (Å²) in [6, 6.07) is 7.36. The summed E-state index contributed by atoms with van der Waals surface area (Å²) < 4.78 is 13.3. The van der Waals surface area contributed by atoms with E-state index in [1.165, 1.54) is 24.0 Å². The summed E-state index contributed by atoms with van der Waals surface area (Å²) in [5, 5.41) is 4.13. The predicted molar refractivity (Wildman–Crippen MR) is 118 cm³/mol. The SMILES string of the molecule is CCn1c(-c2ccc3c(c2)OCCO3)cnc1SCC(=O)Nc1ncc(Cl)cc1Cl. The summed E-state index contributed by atoms with van der Waals surface area (Å²) in [5.41, 5.74) is 1.92. The van der Waals surface area contributed by atoms with Gasteiger partial charge >= 0.3 is 0 Å². The average Bonchev–Trinajstić information content (AvgIpc) is 3.17. The van der Waals surface area contributed by atoms with Crippen LogP contribution in [0.5, 0.6) is 11.5 Å². The third kappa shape index (κ3) is 4.50. The highest BCUT2D eigenvalue weighted by Gasteiger charge is 2.17. The lowest BCUT2D eigenvalue weighted by molar-refractivity contribution is -0.113. The number of halogens is 2. The van der Waals surface area contributed by atoms with Crippen LogP contribution in [0.25, 0.3) is 11.3 Å². The second-order valence-corrected chi connectivity index (χ2v) is 8.14. The molecule has 0 unspecified atom stereocenters. The van der Waals surface area contributed by atoms with Gasteiger partial charge in [0.25, 0.3) is 0 Å². The van der Waals surface area contributed by atoms with Gasteiger partial charge < -0.3 is 19.4 Å². The standard InChI is InChI=1S/C20H18Cl2N4O3S/c1-2-26-15(12-3-4-16-17(7-12)29-6-5-28-16)10-24-20(26)30-11-18(27)25-19-14(22)8-13(21)9-23-19/h3-4,7-10H,2,5-6,11H2,1H3,(H,23,25,27). The molecule has 1 aromatic carbocycles. The molecule has 0 radical (unpaired) electrons. The van der Waals surface area contributed by atoms with Gasteiger partial charge in [-0.05, 0) is 31.2 Å². The second kappa shape index (κ2) is 9.16. The molecule has 156 valence electrons. The zero-order valence-electron chi connectivity index (χ0n) is 16.0. The van der Waals surface area contributed by atoms with Gasteiger partial charge in [-0.2, -0.15) is 0 Å². The van der Waals surface area contributed by atoms with Crippen molar-refractivity contribution in [2.45, 2.75) is 18.6 Å². The largest absolute Gasteiger partial charge is 0.486 e. The van der Waals surface area contributed by atoms with Crippen LogP contribution in [-0.4, -0.2) is 39.4 Å². The van der Waals surface area contributed by atoms with Gasteiger partial charge in [0, 0.05) is 18.3 Å². The zero-order valence-corrected chi connectivity index (χ0v) is 18.4. The number of anilines is 1. The van der Waals surface area contributed by atoms with E-state index in [9.17, 15) is 4.79 Å². The number of amides is 1. The van der Waals surface area contributed by atoms with Crippen molar-refractivity contribution in [1.29, 1.82) is 0 Å². The number of benzene rings is 1. The number of carbonyl (C=O) groups is 1. The van der Waals surface area contributed by atoms with E-state index in [4.69, 9.17) is 32.7 Å². The molecule has 0 aliphatic carbocycles. The van der Waals surface area contributed by atoms with Gasteiger partial charge in [-0.15, -0.1) is 0 Å². The highest BCUT2D eigenvalue weighted by atomic mass is 35.5. The Morgan fingerprint density at radius 1 is 1.17 bits per heavy atom. The van der Waals surface area contributed by atoms with Crippen molar-refractivity contribution in [3.05, 3.63) is 46.7 Å². The Kier molecular flexibility index (Phi) is 6.36. The van der Waals surface area contributed by atoms with E-state index in [1.54, 1.807) is 6.20 Å². The van der Waals surface area contributed by atoms with Crippen molar-refractivity contribution in [3.8, 4) is 22.8 Å². The van der Waals surface area contributed by atoms with Gasteiger partial charge in [-0.3, -0.25) is 4.79 Å². The minimum atomic E-state index is -0.233. The Hall–Kier alpha value is -2.42. The first-order valence-corrected chi connectivity index (χ1v) is 11.0. The number of nitrogens with one attached hydrogen (secondary N) is 1. The topological polar surface area (TPSA) is 78.3 Å². The van der Waals surface area contributed by atoms with Crippen LogP contribution in [0.1, 0.15) is 6.92 Å². The molecule has 3 heterocycles. The molecule has 2 aromatic heterocycles. The van der Waals surface area contributed by atoms with Gasteiger partial charge in [0.2, 0.25) is 5.91 Å². The fourth-order valence-electron chi connectivity index (χ4n) is 3.02. The zero-order chi connectivity index (χ0) is 21.1. The molecule has 0 bridgehead atoms. The number of imidazole rings is 1. The summed E-state index contributed by atoms with van der Waals surface area (Å²) in [6.45, 7) is 3.83. The summed E-state index contributed by atoms with van der Waals surface area (Å²) in [6.07, 6.45) is 3.23. The van der Waals surface area contributed by atoms with E-state index in [1.807, 2.05) is 25.1 Å². The number of rotatable bonds is 6. The van der Waals surface area contributed by atoms with Gasteiger partial charge in [-0.1, -0.05) is 35.0 Å². The Bertz CT molecular complexity index is 1090. The molecule has 10 heteroatoms. The average molecular weight is 465 g/mol. The second-order valence-electron chi connectivity index (χ2n) is 6.35. The molecular weight excluding hydrogens is 447 g/mol. The van der Waals surface area contributed by atoms with E-state index < -0.39 is 0 Å². The fourth-order valence-corrected chi connectivity index (χ4v) is 4.29. The molecular formula is C20H18Cl2N4O3S. The summed E-state index contributed by atoms with van der Waals surface area (Å²) in [4.78, 5) is 20.9. The van der Waals surface area contributed by atoms with Gasteiger partial charge in [0.1, 0.15) is 13.2 Å². The molecule has 1 amide bonds. The number of carbonyl (C=O) groups excluding carboxylic acids is 1. The highest BCUT2D eigenvalue weighted by Crippen LogP contribution is 2.35. The molecule has 7 nitrogen and oxygen atoms in total. The first-order chi connectivity index (χ1) is 14.5. The Morgan fingerprint density at radius 2 is 1.97 bits per heavy atom. The third-order valence-corrected chi connectivity index (χ3v) is 5.86. The molecule has 0 saturated carbocycles. The molecule has 0 spiro atoms. The number of nitrogens with zero attached hydrogens (tertiary/aromatic N) is 3. The van der Waals surface area contributed by atoms with Crippen molar-refractivity contribution in [2.24, 2.45) is 0 Å². The van der Waals surface area contributed by atoms with Crippen LogP contribution in [0.2, 0.25) is 10.0 Å². The first kappa shape index (κ1) is 20.8. The molecule has 1 N–H and O–H groups in total. The van der Waals surface area contributed by atoms with Crippen LogP contribution in [0.3, 0.4) is 0 Å². The molecule has 1 aliphatic rings. The van der Waals surface area contributed by atoms with E-state index in [2.05, 4.69) is 19.9 Å². The number of aromatic nitrogens is 3. The molecule has 4 rings (SSSR count). The fraction of sp³-hybridized carbons (Fsp3) is 0.250. The van der Waals surface area contributed by atoms with Crippen molar-refractivity contribution < 1.29 is 14.3 Å². The number of pyridine rings is 1. The molecule has 0 saturated heterocycles. The van der Waals surface area contributed by atoms with Crippen LogP contribution in [-0.2, 0) is 11.3 Å². The van der Waals surface area contributed by atoms with Gasteiger partial charge in [0.05, 0.1) is 27.7 Å². The highest BCUT2D eigenvalue weighted by molar-refractivity contribution is 7.99. The number of hydrogen-bond donors (Lipinski definition) is 1. The quantitative estimate of drug-likeness (QED) is 0.529. The van der Waals surface area contributed by atoms with Crippen LogP contribution < -0.4 is 14.8 Å². The first-order valence-electron chi connectivity index (χ1n) is 9.24. The maximum absolute atomic E-state index is 12.3. The van der Waals surface area contributed by atoms with Crippen molar-refractivity contribution in [1.82, 2.24) is 14.5 Å². The maximum Gasteiger partial charge on any atom is 0.236 e. The van der Waals surface area contributed by atoms with Crippen molar-refractivity contribution >= 4 is 46.7 Å². The minimum Gasteiger partial charge on any atom is -0.486 e. The minimum absolute atomic E-state index is 0.165. The Balaban J connectivity index is 1.46. The van der Waals surface area contributed by atoms with Crippen LogP contribution in [0.4, 0.5) is 5.82 Å². The third-order valence-electron chi connectivity index (χ3n) is 4.37. The molecule has 1 aliphatic heterocycles. The lowest BCUT2D eigenvalue weighted by Crippen LogP contribution is -2.16. The van der Waals surface area contributed by atoms with Gasteiger partial charge in [0.15, 0.2) is 22.5 Å². The number of hydrogen-bond acceptors (Lipinski definition) is 6. The summed E-state index contributed by atoms with van der Waals surface area (Å²) in [7, 11) is 0. The predicted octanol–water partition coefficient (Wildman–Crippen LogP) is 4.77. The smallest absolute Gasteiger partial charge is 0.236 e. The molecule has 3 aromatic rings. The summed E-state index contributed by atoms with van der Waals surface area (Å²) in [5.74, 6) is 1.68.